The van der Waals surface area contributed by atoms with Crippen LogP contribution in [0.1, 0.15) is 34.1 Å². The maximum Gasteiger partial charge on any atom is 0.0168 e. The van der Waals surface area contributed by atoms with Gasteiger partial charge in [-0.15, -0.1) is 0 Å². The molecule has 0 aromatic carbocycles. The van der Waals surface area contributed by atoms with Gasteiger partial charge in [0.15, 0.2) is 0 Å². The number of rotatable bonds is 5. The SMILES string of the molecule is CC(C)CCSC(C)C(C)N. The third-order valence-electron chi connectivity index (χ3n) is 1.82. The predicted molar refractivity (Wildman–Crippen MR) is 55.0 cm³/mol. The summed E-state index contributed by atoms with van der Waals surface area (Å²) < 4.78 is 0. The van der Waals surface area contributed by atoms with Crippen molar-refractivity contribution in [1.82, 2.24) is 0 Å². The lowest BCUT2D eigenvalue weighted by molar-refractivity contribution is 0.629. The molecule has 0 spiro atoms. The van der Waals surface area contributed by atoms with E-state index in [1.165, 1.54) is 12.2 Å². The highest BCUT2D eigenvalue weighted by Gasteiger charge is 2.07. The lowest BCUT2D eigenvalue weighted by Crippen LogP contribution is -2.26. The molecule has 1 nitrogen and oxygen atoms in total. The first-order valence-electron chi connectivity index (χ1n) is 4.41. The largest absolute Gasteiger partial charge is 0.327 e. The van der Waals surface area contributed by atoms with Crippen LogP contribution in [0.15, 0.2) is 0 Å². The van der Waals surface area contributed by atoms with Crippen LogP contribution in [0, 0.1) is 5.92 Å². The van der Waals surface area contributed by atoms with Crippen molar-refractivity contribution in [2.45, 2.75) is 45.4 Å². The zero-order chi connectivity index (χ0) is 8.85. The van der Waals surface area contributed by atoms with Crippen LogP contribution in [0.25, 0.3) is 0 Å². The molecule has 2 N–H and O–H groups in total. The van der Waals surface area contributed by atoms with E-state index in [1.54, 1.807) is 0 Å². The third-order valence-corrected chi connectivity index (χ3v) is 3.24. The summed E-state index contributed by atoms with van der Waals surface area (Å²) in [7, 11) is 0. The summed E-state index contributed by atoms with van der Waals surface area (Å²) in [5.74, 6) is 2.07. The molecule has 0 fully saturated rings. The van der Waals surface area contributed by atoms with Crippen molar-refractivity contribution in [1.29, 1.82) is 0 Å². The summed E-state index contributed by atoms with van der Waals surface area (Å²) in [5, 5.41) is 0.605. The van der Waals surface area contributed by atoms with E-state index in [2.05, 4.69) is 27.7 Å². The lowest BCUT2D eigenvalue weighted by Gasteiger charge is -2.15. The van der Waals surface area contributed by atoms with Crippen molar-refractivity contribution in [2.24, 2.45) is 11.7 Å². The fraction of sp³-hybridized carbons (Fsp3) is 1.00. The molecule has 11 heavy (non-hydrogen) atoms. The molecule has 0 rings (SSSR count). The Kier molecular flexibility index (Phi) is 6.06. The normalized spacial score (nSPS) is 16.9. The van der Waals surface area contributed by atoms with Crippen LogP contribution in [0.3, 0.4) is 0 Å². The summed E-state index contributed by atoms with van der Waals surface area (Å²) in [5.41, 5.74) is 5.73. The molecule has 0 saturated heterocycles. The van der Waals surface area contributed by atoms with Gasteiger partial charge in [-0.1, -0.05) is 20.8 Å². The van der Waals surface area contributed by atoms with Gasteiger partial charge in [-0.2, -0.15) is 11.8 Å². The van der Waals surface area contributed by atoms with Crippen LogP contribution < -0.4 is 5.73 Å². The highest BCUT2D eigenvalue weighted by molar-refractivity contribution is 7.99. The van der Waals surface area contributed by atoms with Crippen molar-refractivity contribution in [3.05, 3.63) is 0 Å². The van der Waals surface area contributed by atoms with Crippen LogP contribution in [-0.2, 0) is 0 Å². The smallest absolute Gasteiger partial charge is 0.0168 e. The van der Waals surface area contributed by atoms with Crippen molar-refractivity contribution >= 4 is 11.8 Å². The molecule has 2 atom stereocenters. The number of thioether (sulfide) groups is 1. The standard InChI is InChI=1S/C9H21NS/c1-7(2)5-6-11-9(4)8(3)10/h7-9H,5-6,10H2,1-4H3. The van der Waals surface area contributed by atoms with Crippen LogP contribution >= 0.6 is 11.8 Å². The predicted octanol–water partition coefficient (Wildman–Crippen LogP) is 2.50. The molecule has 0 aliphatic rings. The Morgan fingerprint density at radius 3 is 2.09 bits per heavy atom. The maximum atomic E-state index is 5.73. The second kappa shape index (κ2) is 5.90. The van der Waals surface area contributed by atoms with Crippen LogP contribution in [0.5, 0.6) is 0 Å². The van der Waals surface area contributed by atoms with Gasteiger partial charge in [0.05, 0.1) is 0 Å². The van der Waals surface area contributed by atoms with Gasteiger partial charge in [-0.3, -0.25) is 0 Å². The summed E-state index contributed by atoms with van der Waals surface area (Å²) >= 11 is 1.99. The summed E-state index contributed by atoms with van der Waals surface area (Å²) in [6.07, 6.45) is 1.31. The minimum atomic E-state index is 0.326. The minimum Gasteiger partial charge on any atom is -0.327 e. The second-order valence-electron chi connectivity index (χ2n) is 3.62. The van der Waals surface area contributed by atoms with Gasteiger partial charge in [0.2, 0.25) is 0 Å². The van der Waals surface area contributed by atoms with Gasteiger partial charge in [-0.05, 0) is 25.0 Å². The Labute approximate surface area is 75.1 Å². The maximum absolute atomic E-state index is 5.73. The molecular formula is C9H21NS. The Hall–Kier alpha value is 0.310. The molecule has 0 heterocycles. The van der Waals surface area contributed by atoms with Crippen LogP contribution in [-0.4, -0.2) is 17.0 Å². The number of hydrogen-bond donors (Lipinski definition) is 1. The summed E-state index contributed by atoms with van der Waals surface area (Å²) in [6, 6.07) is 0.326. The fourth-order valence-corrected chi connectivity index (χ4v) is 1.92. The van der Waals surface area contributed by atoms with E-state index in [-0.39, 0.29) is 0 Å². The average molecular weight is 175 g/mol. The zero-order valence-corrected chi connectivity index (χ0v) is 8.95. The molecule has 0 aromatic rings. The summed E-state index contributed by atoms with van der Waals surface area (Å²) in [6.45, 7) is 8.80. The van der Waals surface area contributed by atoms with E-state index >= 15 is 0 Å². The molecule has 0 bridgehead atoms. The van der Waals surface area contributed by atoms with Gasteiger partial charge in [0, 0.05) is 11.3 Å². The van der Waals surface area contributed by atoms with Crippen molar-refractivity contribution in [3.8, 4) is 0 Å². The van der Waals surface area contributed by atoms with Gasteiger partial charge >= 0.3 is 0 Å². The van der Waals surface area contributed by atoms with Crippen molar-refractivity contribution in [3.63, 3.8) is 0 Å². The fourth-order valence-electron chi connectivity index (χ4n) is 0.641. The first kappa shape index (κ1) is 11.3. The summed E-state index contributed by atoms with van der Waals surface area (Å²) in [4.78, 5) is 0. The third kappa shape index (κ3) is 6.70. The highest BCUT2D eigenvalue weighted by Crippen LogP contribution is 2.16. The number of nitrogens with two attached hydrogens (primary N) is 1. The van der Waals surface area contributed by atoms with Crippen molar-refractivity contribution in [2.75, 3.05) is 5.75 Å². The molecule has 0 saturated carbocycles. The van der Waals surface area contributed by atoms with E-state index in [9.17, 15) is 0 Å². The zero-order valence-electron chi connectivity index (χ0n) is 8.13. The topological polar surface area (TPSA) is 26.0 Å². The Balaban J connectivity index is 3.24. The molecule has 0 aromatic heterocycles. The van der Waals surface area contributed by atoms with E-state index in [0.717, 1.165) is 5.92 Å². The van der Waals surface area contributed by atoms with Crippen LogP contribution in [0.2, 0.25) is 0 Å². The van der Waals surface area contributed by atoms with Gasteiger partial charge in [0.25, 0.3) is 0 Å². The average Bonchev–Trinajstić information content (AvgIpc) is 1.86. The molecule has 0 aliphatic carbocycles. The van der Waals surface area contributed by atoms with E-state index in [4.69, 9.17) is 5.73 Å². The molecule has 0 amide bonds. The Morgan fingerprint density at radius 1 is 1.18 bits per heavy atom. The van der Waals surface area contributed by atoms with Crippen molar-refractivity contribution < 1.29 is 0 Å². The molecule has 2 heteroatoms. The molecule has 0 aliphatic heterocycles. The Bertz CT molecular complexity index is 91.6. The first-order valence-corrected chi connectivity index (χ1v) is 5.46. The molecule has 68 valence electrons. The number of hydrogen-bond acceptors (Lipinski definition) is 2. The lowest BCUT2D eigenvalue weighted by atomic mass is 10.2. The van der Waals surface area contributed by atoms with E-state index in [0.29, 0.717) is 11.3 Å². The van der Waals surface area contributed by atoms with E-state index in [1.807, 2.05) is 11.8 Å². The molecular weight excluding hydrogens is 154 g/mol. The molecule has 0 radical (unpaired) electrons. The Morgan fingerprint density at radius 2 is 1.73 bits per heavy atom. The van der Waals surface area contributed by atoms with Crippen LogP contribution in [0.4, 0.5) is 0 Å². The highest BCUT2D eigenvalue weighted by atomic mass is 32.2. The quantitative estimate of drug-likeness (QED) is 0.695. The first-order chi connectivity index (χ1) is 5.04. The van der Waals surface area contributed by atoms with Gasteiger partial charge in [-0.25, -0.2) is 0 Å². The monoisotopic (exact) mass is 175 g/mol. The molecule has 2 unspecified atom stereocenters. The van der Waals surface area contributed by atoms with Gasteiger partial charge < -0.3 is 5.73 Å². The van der Waals surface area contributed by atoms with Gasteiger partial charge in [0.1, 0.15) is 0 Å². The minimum absolute atomic E-state index is 0.326. The second-order valence-corrected chi connectivity index (χ2v) is 5.10. The van der Waals surface area contributed by atoms with E-state index < -0.39 is 0 Å².